The van der Waals surface area contributed by atoms with E-state index in [1.54, 1.807) is 13.0 Å². The third-order valence-corrected chi connectivity index (χ3v) is 5.02. The van der Waals surface area contributed by atoms with Crippen molar-refractivity contribution in [3.8, 4) is 6.07 Å². The van der Waals surface area contributed by atoms with E-state index in [0.29, 0.717) is 21.3 Å². The molecule has 2 aromatic rings. The van der Waals surface area contributed by atoms with Crippen LogP contribution in [0.4, 0.5) is 5.69 Å². The molecule has 0 aliphatic rings. The van der Waals surface area contributed by atoms with Gasteiger partial charge in [0.05, 0.1) is 22.2 Å². The predicted molar refractivity (Wildman–Crippen MR) is 85.6 cm³/mol. The van der Waals surface area contributed by atoms with Crippen molar-refractivity contribution < 1.29 is 8.42 Å². The number of nitriles is 1. The molecule has 0 fully saturated rings. The molecule has 21 heavy (non-hydrogen) atoms. The lowest BCUT2D eigenvalue weighted by molar-refractivity contribution is 0.601. The number of rotatable bonds is 3. The molecule has 2 rings (SSSR count). The molecule has 0 radical (unpaired) electrons. The normalized spacial score (nSPS) is 11.0. The van der Waals surface area contributed by atoms with Gasteiger partial charge >= 0.3 is 0 Å². The summed E-state index contributed by atoms with van der Waals surface area (Å²) in [6, 6.07) is 11.8. The Labute approximate surface area is 132 Å². The maximum atomic E-state index is 12.4. The Morgan fingerprint density at radius 1 is 1.14 bits per heavy atom. The molecule has 0 aromatic heterocycles. The summed E-state index contributed by atoms with van der Waals surface area (Å²) in [7, 11) is -3.69. The molecule has 0 aliphatic carbocycles. The van der Waals surface area contributed by atoms with Crippen LogP contribution in [0.1, 0.15) is 16.7 Å². The van der Waals surface area contributed by atoms with E-state index in [1.807, 2.05) is 25.1 Å². The first-order valence-electron chi connectivity index (χ1n) is 6.13. The van der Waals surface area contributed by atoms with E-state index in [1.165, 1.54) is 18.2 Å². The molecule has 0 aliphatic heterocycles. The van der Waals surface area contributed by atoms with Crippen LogP contribution in [0.25, 0.3) is 0 Å². The van der Waals surface area contributed by atoms with Gasteiger partial charge in [-0.15, -0.1) is 0 Å². The molecule has 0 saturated heterocycles. The average Bonchev–Trinajstić information content (AvgIpc) is 2.42. The first-order valence-corrected chi connectivity index (χ1v) is 8.41. The third kappa shape index (κ3) is 3.43. The molecular formula is C15H13BrN2O2S. The van der Waals surface area contributed by atoms with Gasteiger partial charge in [0, 0.05) is 4.47 Å². The maximum absolute atomic E-state index is 12.4. The Kier molecular flexibility index (Phi) is 4.35. The highest BCUT2D eigenvalue weighted by Gasteiger charge is 2.16. The number of hydrogen-bond acceptors (Lipinski definition) is 3. The minimum atomic E-state index is -3.69. The highest BCUT2D eigenvalue weighted by molar-refractivity contribution is 9.10. The fraction of sp³-hybridized carbons (Fsp3) is 0.133. The summed E-state index contributed by atoms with van der Waals surface area (Å²) < 4.78 is 28.0. The van der Waals surface area contributed by atoms with Gasteiger partial charge in [-0.3, -0.25) is 4.72 Å². The highest BCUT2D eigenvalue weighted by atomic mass is 79.9. The molecule has 0 atom stereocenters. The van der Waals surface area contributed by atoms with Gasteiger partial charge in [0.2, 0.25) is 0 Å². The molecule has 0 heterocycles. The molecule has 0 spiro atoms. The molecule has 6 heteroatoms. The third-order valence-electron chi connectivity index (χ3n) is 3.00. The van der Waals surface area contributed by atoms with Crippen LogP contribution >= 0.6 is 15.9 Å². The lowest BCUT2D eigenvalue weighted by Crippen LogP contribution is -2.13. The van der Waals surface area contributed by atoms with Gasteiger partial charge in [-0.1, -0.05) is 6.07 Å². The second kappa shape index (κ2) is 5.88. The van der Waals surface area contributed by atoms with Crippen LogP contribution in [0.3, 0.4) is 0 Å². The van der Waals surface area contributed by atoms with Gasteiger partial charge in [0.15, 0.2) is 0 Å². The highest BCUT2D eigenvalue weighted by Crippen LogP contribution is 2.26. The van der Waals surface area contributed by atoms with Crippen molar-refractivity contribution in [1.29, 1.82) is 5.26 Å². The summed E-state index contributed by atoms with van der Waals surface area (Å²) in [6.45, 7) is 3.63. The Morgan fingerprint density at radius 2 is 1.86 bits per heavy atom. The number of anilines is 1. The summed E-state index contributed by atoms with van der Waals surface area (Å²) in [5.41, 5.74) is 2.59. The van der Waals surface area contributed by atoms with E-state index >= 15 is 0 Å². The molecule has 2 aromatic carbocycles. The lowest BCUT2D eigenvalue weighted by Gasteiger charge is -2.11. The van der Waals surface area contributed by atoms with Crippen molar-refractivity contribution in [1.82, 2.24) is 0 Å². The SMILES string of the molecule is Cc1ccc(NS(=O)(=O)c2ccc(C#N)c(C)c2)c(Br)c1. The molecule has 108 valence electrons. The lowest BCUT2D eigenvalue weighted by atomic mass is 10.1. The van der Waals surface area contributed by atoms with E-state index in [4.69, 9.17) is 5.26 Å². The van der Waals surface area contributed by atoms with Gasteiger partial charge in [-0.2, -0.15) is 5.26 Å². The number of aryl methyl sites for hydroxylation is 2. The fourth-order valence-corrected chi connectivity index (χ4v) is 3.72. The zero-order chi connectivity index (χ0) is 15.6. The standard InChI is InChI=1S/C15H13BrN2O2S/c1-10-3-6-15(14(16)7-10)18-21(19,20)13-5-4-12(9-17)11(2)8-13/h3-8,18H,1-2H3. The van der Waals surface area contributed by atoms with Crippen LogP contribution in [0.15, 0.2) is 45.8 Å². The minimum Gasteiger partial charge on any atom is -0.278 e. The molecule has 0 unspecified atom stereocenters. The number of nitrogens with zero attached hydrogens (tertiary/aromatic N) is 1. The fourth-order valence-electron chi connectivity index (χ4n) is 1.84. The average molecular weight is 365 g/mol. The number of hydrogen-bond donors (Lipinski definition) is 1. The van der Waals surface area contributed by atoms with Gasteiger partial charge < -0.3 is 0 Å². The Balaban J connectivity index is 2.39. The second-order valence-electron chi connectivity index (χ2n) is 4.68. The molecule has 0 saturated carbocycles. The van der Waals surface area contributed by atoms with Crippen LogP contribution in [-0.2, 0) is 10.0 Å². The van der Waals surface area contributed by atoms with Crippen LogP contribution in [0.5, 0.6) is 0 Å². The number of sulfonamides is 1. The first kappa shape index (κ1) is 15.5. The first-order chi connectivity index (χ1) is 9.83. The Morgan fingerprint density at radius 3 is 2.43 bits per heavy atom. The van der Waals surface area contributed by atoms with Crippen LogP contribution in [0.2, 0.25) is 0 Å². The van der Waals surface area contributed by atoms with Crippen molar-refractivity contribution in [2.24, 2.45) is 0 Å². The quantitative estimate of drug-likeness (QED) is 0.901. The van der Waals surface area contributed by atoms with Gasteiger partial charge in [0.1, 0.15) is 0 Å². The number of nitrogens with one attached hydrogen (secondary N) is 1. The summed E-state index contributed by atoms with van der Waals surface area (Å²) in [4.78, 5) is 0.131. The number of benzene rings is 2. The van der Waals surface area contributed by atoms with E-state index in [-0.39, 0.29) is 4.90 Å². The summed E-state index contributed by atoms with van der Waals surface area (Å²) in [5, 5.41) is 8.89. The van der Waals surface area contributed by atoms with Crippen molar-refractivity contribution in [3.05, 3.63) is 57.6 Å². The van der Waals surface area contributed by atoms with Crippen molar-refractivity contribution >= 4 is 31.6 Å². The zero-order valence-electron chi connectivity index (χ0n) is 11.5. The van der Waals surface area contributed by atoms with Gasteiger partial charge in [-0.05, 0) is 71.2 Å². The van der Waals surface area contributed by atoms with Gasteiger partial charge in [0.25, 0.3) is 10.0 Å². The molecular weight excluding hydrogens is 352 g/mol. The number of halogens is 1. The summed E-state index contributed by atoms with van der Waals surface area (Å²) >= 11 is 3.34. The largest absolute Gasteiger partial charge is 0.278 e. The smallest absolute Gasteiger partial charge is 0.261 e. The molecule has 4 nitrogen and oxygen atoms in total. The van der Waals surface area contributed by atoms with Crippen molar-refractivity contribution in [2.75, 3.05) is 4.72 Å². The maximum Gasteiger partial charge on any atom is 0.261 e. The summed E-state index contributed by atoms with van der Waals surface area (Å²) in [5.74, 6) is 0. The van der Waals surface area contributed by atoms with E-state index < -0.39 is 10.0 Å². The topological polar surface area (TPSA) is 70.0 Å². The molecule has 1 N–H and O–H groups in total. The predicted octanol–water partition coefficient (Wildman–Crippen LogP) is 3.74. The Hall–Kier alpha value is -1.84. The van der Waals surface area contributed by atoms with E-state index in [2.05, 4.69) is 20.7 Å². The van der Waals surface area contributed by atoms with Crippen LogP contribution < -0.4 is 4.72 Å². The van der Waals surface area contributed by atoms with Crippen molar-refractivity contribution in [2.45, 2.75) is 18.7 Å². The summed E-state index contributed by atoms with van der Waals surface area (Å²) in [6.07, 6.45) is 0. The van der Waals surface area contributed by atoms with Crippen LogP contribution in [-0.4, -0.2) is 8.42 Å². The van der Waals surface area contributed by atoms with E-state index in [0.717, 1.165) is 5.56 Å². The van der Waals surface area contributed by atoms with Gasteiger partial charge in [-0.25, -0.2) is 8.42 Å². The van der Waals surface area contributed by atoms with E-state index in [9.17, 15) is 8.42 Å². The molecule has 0 bridgehead atoms. The monoisotopic (exact) mass is 364 g/mol. The zero-order valence-corrected chi connectivity index (χ0v) is 13.9. The Bertz CT molecular complexity index is 839. The van der Waals surface area contributed by atoms with Crippen molar-refractivity contribution in [3.63, 3.8) is 0 Å². The van der Waals surface area contributed by atoms with Crippen LogP contribution in [0, 0.1) is 25.2 Å². The second-order valence-corrected chi connectivity index (χ2v) is 7.21. The molecule has 0 amide bonds. The minimum absolute atomic E-state index is 0.131.